The second kappa shape index (κ2) is 4.75. The molecule has 1 aromatic rings. The van der Waals surface area contributed by atoms with E-state index in [-0.39, 0.29) is 11.4 Å². The number of Topliss-reactive ketones (excluding diaryl/α,β-unsaturated/α-hetero) is 1. The fourth-order valence-corrected chi connectivity index (χ4v) is 1.61. The van der Waals surface area contributed by atoms with Crippen LogP contribution in [0.15, 0.2) is 42.0 Å². The third kappa shape index (κ3) is 2.37. The first kappa shape index (κ1) is 10.6. The van der Waals surface area contributed by atoms with Crippen molar-refractivity contribution >= 4 is 11.8 Å². The molecule has 0 spiro atoms. The molecule has 1 aliphatic rings. The molecule has 0 saturated heterocycles. The predicted molar refractivity (Wildman–Crippen MR) is 59.0 cm³/mol. The van der Waals surface area contributed by atoms with E-state index in [9.17, 15) is 9.59 Å². The quantitative estimate of drug-likeness (QED) is 0.432. The fourth-order valence-electron chi connectivity index (χ4n) is 1.61. The van der Waals surface area contributed by atoms with Gasteiger partial charge in [0.1, 0.15) is 5.75 Å². The average molecular weight is 216 g/mol. The van der Waals surface area contributed by atoms with E-state index >= 15 is 0 Å². The van der Waals surface area contributed by atoms with E-state index in [1.807, 2.05) is 6.07 Å². The van der Waals surface area contributed by atoms with Crippen LogP contribution in [0, 0.1) is 0 Å². The van der Waals surface area contributed by atoms with Crippen molar-refractivity contribution in [2.45, 2.75) is 19.3 Å². The SMILES string of the molecule is O=C1CCCC=C1C(=O)Oc1ccccc1. The maximum absolute atomic E-state index is 11.7. The second-order valence-corrected chi connectivity index (χ2v) is 3.64. The number of carbonyl (C=O) groups excluding carboxylic acids is 2. The zero-order chi connectivity index (χ0) is 11.4. The highest BCUT2D eigenvalue weighted by molar-refractivity contribution is 6.18. The van der Waals surface area contributed by atoms with Crippen LogP contribution in [-0.4, -0.2) is 11.8 Å². The van der Waals surface area contributed by atoms with Gasteiger partial charge in [-0.05, 0) is 25.0 Å². The number of ether oxygens (including phenoxy) is 1. The lowest BCUT2D eigenvalue weighted by molar-refractivity contribution is -0.132. The zero-order valence-corrected chi connectivity index (χ0v) is 8.81. The predicted octanol–water partition coefficient (Wildman–Crippen LogP) is 2.27. The average Bonchev–Trinajstić information content (AvgIpc) is 2.31. The number of rotatable bonds is 2. The number of allylic oxidation sites excluding steroid dienone is 1. The molecule has 82 valence electrons. The van der Waals surface area contributed by atoms with Gasteiger partial charge in [-0.15, -0.1) is 0 Å². The Hall–Kier alpha value is -1.90. The summed E-state index contributed by atoms with van der Waals surface area (Å²) in [6, 6.07) is 8.76. The van der Waals surface area contributed by atoms with E-state index in [4.69, 9.17) is 4.74 Å². The number of hydrogen-bond donors (Lipinski definition) is 0. The van der Waals surface area contributed by atoms with Gasteiger partial charge < -0.3 is 4.74 Å². The van der Waals surface area contributed by atoms with Gasteiger partial charge in [0, 0.05) is 6.42 Å². The lowest BCUT2D eigenvalue weighted by Crippen LogP contribution is -2.20. The summed E-state index contributed by atoms with van der Waals surface area (Å²) in [5.74, 6) is -0.199. The van der Waals surface area contributed by atoms with Gasteiger partial charge in [-0.25, -0.2) is 4.79 Å². The summed E-state index contributed by atoms with van der Waals surface area (Å²) in [5, 5.41) is 0. The molecule has 0 radical (unpaired) electrons. The molecule has 16 heavy (non-hydrogen) atoms. The van der Waals surface area contributed by atoms with Crippen molar-refractivity contribution in [1.82, 2.24) is 0 Å². The highest BCUT2D eigenvalue weighted by Crippen LogP contribution is 2.17. The largest absolute Gasteiger partial charge is 0.423 e. The number of ketones is 1. The first-order valence-corrected chi connectivity index (χ1v) is 5.28. The van der Waals surface area contributed by atoms with E-state index < -0.39 is 5.97 Å². The first-order valence-electron chi connectivity index (χ1n) is 5.28. The minimum absolute atomic E-state index is 0.118. The molecular weight excluding hydrogens is 204 g/mol. The highest BCUT2D eigenvalue weighted by atomic mass is 16.5. The summed E-state index contributed by atoms with van der Waals surface area (Å²) in [4.78, 5) is 23.1. The third-order valence-corrected chi connectivity index (χ3v) is 2.43. The molecule has 0 fully saturated rings. The van der Waals surface area contributed by atoms with Gasteiger partial charge in [0.15, 0.2) is 5.78 Å². The summed E-state index contributed by atoms with van der Waals surface area (Å²) >= 11 is 0. The molecule has 0 unspecified atom stereocenters. The van der Waals surface area contributed by atoms with Crippen molar-refractivity contribution in [1.29, 1.82) is 0 Å². The number of para-hydroxylation sites is 1. The minimum Gasteiger partial charge on any atom is -0.423 e. The Morgan fingerprint density at radius 2 is 1.94 bits per heavy atom. The van der Waals surface area contributed by atoms with Crippen LogP contribution in [0.4, 0.5) is 0 Å². The molecule has 0 atom stereocenters. The normalized spacial score (nSPS) is 15.5. The molecule has 0 aliphatic heterocycles. The Kier molecular flexibility index (Phi) is 3.15. The van der Waals surface area contributed by atoms with Crippen LogP contribution in [-0.2, 0) is 9.59 Å². The lowest BCUT2D eigenvalue weighted by atomic mass is 9.98. The molecule has 2 rings (SSSR count). The van der Waals surface area contributed by atoms with Crippen molar-refractivity contribution in [3.8, 4) is 5.75 Å². The van der Waals surface area contributed by atoms with E-state index in [1.165, 1.54) is 0 Å². The number of carbonyl (C=O) groups is 2. The Labute approximate surface area is 93.7 Å². The van der Waals surface area contributed by atoms with Gasteiger partial charge in [0.05, 0.1) is 5.57 Å². The van der Waals surface area contributed by atoms with Crippen molar-refractivity contribution in [2.24, 2.45) is 0 Å². The van der Waals surface area contributed by atoms with Crippen molar-refractivity contribution in [3.05, 3.63) is 42.0 Å². The van der Waals surface area contributed by atoms with Gasteiger partial charge in [-0.3, -0.25) is 4.79 Å². The summed E-state index contributed by atoms with van der Waals surface area (Å²) < 4.78 is 5.10. The Morgan fingerprint density at radius 3 is 2.62 bits per heavy atom. The van der Waals surface area contributed by atoms with Gasteiger partial charge >= 0.3 is 5.97 Å². The number of hydrogen-bond acceptors (Lipinski definition) is 3. The van der Waals surface area contributed by atoms with Crippen LogP contribution in [0.25, 0.3) is 0 Å². The third-order valence-electron chi connectivity index (χ3n) is 2.43. The summed E-state index contributed by atoms with van der Waals surface area (Å²) in [5.41, 5.74) is 0.190. The number of esters is 1. The van der Waals surface area contributed by atoms with E-state index in [2.05, 4.69) is 0 Å². The zero-order valence-electron chi connectivity index (χ0n) is 8.81. The molecule has 3 heteroatoms. The van der Waals surface area contributed by atoms with Crippen LogP contribution in [0.1, 0.15) is 19.3 Å². The van der Waals surface area contributed by atoms with E-state index in [0.29, 0.717) is 12.2 Å². The van der Waals surface area contributed by atoms with Gasteiger partial charge in [-0.2, -0.15) is 0 Å². The summed E-state index contributed by atoms with van der Waals surface area (Å²) in [6.45, 7) is 0. The standard InChI is InChI=1S/C13H12O3/c14-12-9-5-4-8-11(12)13(15)16-10-6-2-1-3-7-10/h1-3,6-8H,4-5,9H2. The fraction of sp³-hybridized carbons (Fsp3) is 0.231. The molecule has 0 aromatic heterocycles. The van der Waals surface area contributed by atoms with Gasteiger partial charge in [0.25, 0.3) is 0 Å². The van der Waals surface area contributed by atoms with Crippen LogP contribution >= 0.6 is 0 Å². The maximum Gasteiger partial charge on any atom is 0.346 e. The smallest absolute Gasteiger partial charge is 0.346 e. The first-order chi connectivity index (χ1) is 7.77. The van der Waals surface area contributed by atoms with Crippen LogP contribution in [0.3, 0.4) is 0 Å². The van der Waals surface area contributed by atoms with Crippen molar-refractivity contribution < 1.29 is 14.3 Å². The Balaban J connectivity index is 2.09. The Morgan fingerprint density at radius 1 is 1.19 bits per heavy atom. The molecule has 0 N–H and O–H groups in total. The van der Waals surface area contributed by atoms with Crippen LogP contribution < -0.4 is 4.74 Å². The van der Waals surface area contributed by atoms with E-state index in [0.717, 1.165) is 12.8 Å². The van der Waals surface area contributed by atoms with Crippen molar-refractivity contribution in [3.63, 3.8) is 0 Å². The van der Waals surface area contributed by atoms with Crippen LogP contribution in [0.2, 0.25) is 0 Å². The summed E-state index contributed by atoms with van der Waals surface area (Å²) in [7, 11) is 0. The minimum atomic E-state index is -0.545. The lowest BCUT2D eigenvalue weighted by Gasteiger charge is -2.10. The van der Waals surface area contributed by atoms with Gasteiger partial charge in [0.2, 0.25) is 0 Å². The monoisotopic (exact) mass is 216 g/mol. The molecule has 0 amide bonds. The van der Waals surface area contributed by atoms with Crippen molar-refractivity contribution in [2.75, 3.05) is 0 Å². The van der Waals surface area contributed by atoms with Gasteiger partial charge in [-0.1, -0.05) is 24.3 Å². The Bertz CT molecular complexity index is 432. The molecule has 0 heterocycles. The second-order valence-electron chi connectivity index (χ2n) is 3.64. The summed E-state index contributed by atoms with van der Waals surface area (Å²) in [6.07, 6.45) is 3.69. The van der Waals surface area contributed by atoms with Crippen LogP contribution in [0.5, 0.6) is 5.75 Å². The molecule has 0 bridgehead atoms. The maximum atomic E-state index is 11.7. The molecule has 3 nitrogen and oxygen atoms in total. The molecule has 1 aliphatic carbocycles. The molecular formula is C13H12O3. The molecule has 0 saturated carbocycles. The molecule has 1 aromatic carbocycles. The number of benzene rings is 1. The highest BCUT2D eigenvalue weighted by Gasteiger charge is 2.22. The van der Waals surface area contributed by atoms with E-state index in [1.54, 1.807) is 30.3 Å². The topological polar surface area (TPSA) is 43.4 Å².